The third-order valence-electron chi connectivity index (χ3n) is 4.25. The normalized spacial score (nSPS) is 18.0. The van der Waals surface area contributed by atoms with Crippen molar-refractivity contribution in [2.45, 2.75) is 25.9 Å². The Hall–Kier alpha value is -3.01. The molecule has 1 saturated heterocycles. The number of aliphatic carboxylic acids is 1. The van der Waals surface area contributed by atoms with E-state index in [0.717, 1.165) is 4.90 Å². The summed E-state index contributed by atoms with van der Waals surface area (Å²) in [6.45, 7) is 0.979. The van der Waals surface area contributed by atoms with Gasteiger partial charge in [0, 0.05) is 17.6 Å². The average Bonchev–Trinajstić information content (AvgIpc) is 3.15. The van der Waals surface area contributed by atoms with Crippen molar-refractivity contribution in [1.29, 1.82) is 0 Å². The van der Waals surface area contributed by atoms with E-state index in [4.69, 9.17) is 30.9 Å². The maximum absolute atomic E-state index is 12.7. The summed E-state index contributed by atoms with van der Waals surface area (Å²) in [7, 11) is 0. The first-order valence-corrected chi connectivity index (χ1v) is 8.77. The van der Waals surface area contributed by atoms with Crippen molar-refractivity contribution in [2.24, 2.45) is 0 Å². The number of ether oxygens (including phenoxy) is 3. The van der Waals surface area contributed by atoms with E-state index in [0.29, 0.717) is 22.0 Å². The zero-order valence-corrected chi connectivity index (χ0v) is 15.6. The lowest BCUT2D eigenvalue weighted by Gasteiger charge is -2.21. The molecule has 1 fully saturated rings. The number of carbonyl (C=O) groups excluding carboxylic acids is 3. The Morgan fingerprint density at radius 3 is 2.61 bits per heavy atom. The lowest BCUT2D eigenvalue weighted by Crippen LogP contribution is -2.37. The van der Waals surface area contributed by atoms with Gasteiger partial charge in [0.1, 0.15) is 12.6 Å². The molecular formula is C17H17ClN2O8. The van der Waals surface area contributed by atoms with Crippen LogP contribution in [0, 0.1) is 0 Å². The molecule has 0 radical (unpaired) electrons. The molecule has 1 aromatic carbocycles. The summed E-state index contributed by atoms with van der Waals surface area (Å²) in [5, 5.41) is 9.40. The van der Waals surface area contributed by atoms with E-state index in [1.54, 1.807) is 13.0 Å². The molecule has 150 valence electrons. The molecule has 0 saturated carbocycles. The molecule has 3 amide bonds. The van der Waals surface area contributed by atoms with E-state index >= 15 is 0 Å². The molecule has 3 rings (SSSR count). The molecule has 0 aromatic heterocycles. The van der Waals surface area contributed by atoms with Crippen molar-refractivity contribution in [2.75, 3.05) is 19.9 Å². The summed E-state index contributed by atoms with van der Waals surface area (Å²) in [6, 6.07) is 1.03. The fourth-order valence-corrected chi connectivity index (χ4v) is 3.20. The molecule has 0 unspecified atom stereocenters. The van der Waals surface area contributed by atoms with Crippen LogP contribution in [0.3, 0.4) is 0 Å². The van der Waals surface area contributed by atoms with Crippen molar-refractivity contribution in [3.05, 3.63) is 22.7 Å². The van der Waals surface area contributed by atoms with Crippen LogP contribution < -0.4 is 9.47 Å². The van der Waals surface area contributed by atoms with E-state index in [2.05, 4.69) is 0 Å². The Morgan fingerprint density at radius 2 is 1.96 bits per heavy atom. The van der Waals surface area contributed by atoms with E-state index in [-0.39, 0.29) is 25.0 Å². The third-order valence-corrected chi connectivity index (χ3v) is 4.60. The standard InChI is InChI=1S/C17H17ClN2O8/c1-2-26-15(23)7-20-16(24)11(5-14(21)22)19(17(20)25)6-9-3-12-13(4-10(9)18)28-8-27-12/h3-4,11H,2,5-8H2,1H3,(H,21,22)/t11-/m0/s1. The van der Waals surface area contributed by atoms with Gasteiger partial charge in [0.05, 0.1) is 13.0 Å². The highest BCUT2D eigenvalue weighted by Crippen LogP contribution is 2.38. The molecule has 0 spiro atoms. The van der Waals surface area contributed by atoms with Crippen LogP contribution in [0.25, 0.3) is 0 Å². The lowest BCUT2D eigenvalue weighted by atomic mass is 10.1. The molecule has 2 aliphatic heterocycles. The van der Waals surface area contributed by atoms with Gasteiger partial charge >= 0.3 is 18.0 Å². The van der Waals surface area contributed by atoms with E-state index < -0.39 is 42.9 Å². The monoisotopic (exact) mass is 412 g/mol. The van der Waals surface area contributed by atoms with Crippen LogP contribution in [0.2, 0.25) is 5.02 Å². The highest BCUT2D eigenvalue weighted by Gasteiger charge is 2.47. The van der Waals surface area contributed by atoms with Crippen LogP contribution in [0.15, 0.2) is 12.1 Å². The molecule has 10 nitrogen and oxygen atoms in total. The second-order valence-corrected chi connectivity index (χ2v) is 6.46. The number of halogens is 1. The maximum Gasteiger partial charge on any atom is 0.328 e. The topological polar surface area (TPSA) is 123 Å². The predicted octanol–water partition coefficient (Wildman–Crippen LogP) is 1.24. The van der Waals surface area contributed by atoms with Gasteiger partial charge in [-0.2, -0.15) is 0 Å². The quantitative estimate of drug-likeness (QED) is 0.524. The van der Waals surface area contributed by atoms with Crippen LogP contribution in [0.1, 0.15) is 18.9 Å². The first-order chi connectivity index (χ1) is 13.3. The fourth-order valence-electron chi connectivity index (χ4n) is 2.98. The number of amides is 3. The SMILES string of the molecule is CCOC(=O)CN1C(=O)[C@H](CC(=O)O)N(Cc2cc3c(cc2Cl)OCO3)C1=O. The van der Waals surface area contributed by atoms with Gasteiger partial charge in [-0.3, -0.25) is 19.3 Å². The molecule has 11 heteroatoms. The molecule has 1 atom stereocenters. The second-order valence-electron chi connectivity index (χ2n) is 6.05. The van der Waals surface area contributed by atoms with Crippen LogP contribution in [-0.2, 0) is 25.7 Å². The zero-order chi connectivity index (χ0) is 20.4. The van der Waals surface area contributed by atoms with Crippen molar-refractivity contribution < 1.29 is 38.5 Å². The Kier molecular flexibility index (Phi) is 5.59. The average molecular weight is 413 g/mol. The number of carbonyl (C=O) groups is 4. The van der Waals surface area contributed by atoms with Crippen molar-refractivity contribution in [3.63, 3.8) is 0 Å². The van der Waals surface area contributed by atoms with Crippen LogP contribution in [0.5, 0.6) is 11.5 Å². The summed E-state index contributed by atoms with van der Waals surface area (Å²) in [4.78, 5) is 50.0. The summed E-state index contributed by atoms with van der Waals surface area (Å²) in [5.74, 6) is -1.93. The van der Waals surface area contributed by atoms with Gasteiger partial charge in [0.15, 0.2) is 11.5 Å². The number of fused-ring (bicyclic) bond motifs is 1. The number of imide groups is 1. The summed E-state index contributed by atoms with van der Waals surface area (Å²) >= 11 is 6.22. The van der Waals surface area contributed by atoms with Gasteiger partial charge in [0.25, 0.3) is 5.91 Å². The summed E-state index contributed by atoms with van der Waals surface area (Å²) < 4.78 is 15.3. The minimum atomic E-state index is -1.26. The molecule has 1 aromatic rings. The van der Waals surface area contributed by atoms with E-state index in [1.165, 1.54) is 6.07 Å². The predicted molar refractivity (Wildman–Crippen MR) is 92.9 cm³/mol. The number of esters is 1. The van der Waals surface area contributed by atoms with Crippen LogP contribution in [-0.4, -0.2) is 64.8 Å². The van der Waals surface area contributed by atoms with Gasteiger partial charge in [-0.1, -0.05) is 11.6 Å². The fraction of sp³-hybridized carbons (Fsp3) is 0.412. The smallest absolute Gasteiger partial charge is 0.328 e. The highest BCUT2D eigenvalue weighted by atomic mass is 35.5. The highest BCUT2D eigenvalue weighted by molar-refractivity contribution is 6.31. The second kappa shape index (κ2) is 7.93. The summed E-state index contributed by atoms with van der Waals surface area (Å²) in [5.41, 5.74) is 0.445. The van der Waals surface area contributed by atoms with Gasteiger partial charge in [0.2, 0.25) is 6.79 Å². The number of hydrogen-bond donors (Lipinski definition) is 1. The number of carboxylic acid groups (broad SMARTS) is 1. The number of nitrogens with zero attached hydrogens (tertiary/aromatic N) is 2. The van der Waals surface area contributed by atoms with Crippen LogP contribution >= 0.6 is 11.6 Å². The zero-order valence-electron chi connectivity index (χ0n) is 14.8. The van der Waals surface area contributed by atoms with Crippen molar-refractivity contribution >= 4 is 35.5 Å². The number of carboxylic acids is 1. The molecule has 28 heavy (non-hydrogen) atoms. The Bertz CT molecular complexity index is 843. The number of rotatable bonds is 7. The van der Waals surface area contributed by atoms with E-state index in [9.17, 15) is 19.2 Å². The Balaban J connectivity index is 1.86. The van der Waals surface area contributed by atoms with Gasteiger partial charge in [-0.05, 0) is 18.6 Å². The Labute approximate surface area is 164 Å². The molecular weight excluding hydrogens is 396 g/mol. The molecule has 0 bridgehead atoms. The molecule has 2 aliphatic rings. The van der Waals surface area contributed by atoms with E-state index in [1.807, 2.05) is 0 Å². The van der Waals surface area contributed by atoms with Crippen LogP contribution in [0.4, 0.5) is 4.79 Å². The van der Waals surface area contributed by atoms with Gasteiger partial charge < -0.3 is 24.2 Å². The first kappa shape index (κ1) is 19.7. The van der Waals surface area contributed by atoms with Crippen molar-refractivity contribution in [3.8, 4) is 11.5 Å². The molecule has 2 heterocycles. The maximum atomic E-state index is 12.7. The lowest BCUT2D eigenvalue weighted by molar-refractivity contribution is -0.147. The molecule has 0 aliphatic carbocycles. The number of benzene rings is 1. The van der Waals surface area contributed by atoms with Gasteiger partial charge in [-0.15, -0.1) is 0 Å². The van der Waals surface area contributed by atoms with Crippen molar-refractivity contribution in [1.82, 2.24) is 9.80 Å². The largest absolute Gasteiger partial charge is 0.481 e. The Morgan fingerprint density at radius 1 is 1.29 bits per heavy atom. The first-order valence-electron chi connectivity index (χ1n) is 8.39. The number of hydrogen-bond acceptors (Lipinski definition) is 7. The summed E-state index contributed by atoms with van der Waals surface area (Å²) in [6.07, 6.45) is -0.605. The molecule has 1 N–H and O–H groups in total. The number of urea groups is 1. The third kappa shape index (κ3) is 3.81. The minimum Gasteiger partial charge on any atom is -0.481 e. The minimum absolute atomic E-state index is 0.0329. The van der Waals surface area contributed by atoms with Gasteiger partial charge in [-0.25, -0.2) is 4.79 Å².